The predicted molar refractivity (Wildman–Crippen MR) is 149 cm³/mol. The Labute approximate surface area is 222 Å². The molecule has 37 heavy (non-hydrogen) atoms. The van der Waals surface area contributed by atoms with Gasteiger partial charge < -0.3 is 10.2 Å². The summed E-state index contributed by atoms with van der Waals surface area (Å²) in [7, 11) is -3.75. The van der Waals surface area contributed by atoms with Crippen molar-refractivity contribution < 1.29 is 18.0 Å². The maximum Gasteiger partial charge on any atom is 0.244 e. The molecular weight excluding hydrogens is 486 g/mol. The molecule has 8 heteroatoms. The van der Waals surface area contributed by atoms with Crippen LogP contribution < -0.4 is 9.62 Å². The van der Waals surface area contributed by atoms with Gasteiger partial charge in [0.25, 0.3) is 0 Å². The van der Waals surface area contributed by atoms with Gasteiger partial charge >= 0.3 is 0 Å². The summed E-state index contributed by atoms with van der Waals surface area (Å²) in [6.45, 7) is 7.49. The zero-order valence-corrected chi connectivity index (χ0v) is 23.6. The van der Waals surface area contributed by atoms with Gasteiger partial charge in [0.1, 0.15) is 12.6 Å². The van der Waals surface area contributed by atoms with E-state index in [0.29, 0.717) is 12.1 Å². The van der Waals surface area contributed by atoms with E-state index in [1.165, 1.54) is 6.42 Å². The van der Waals surface area contributed by atoms with Crippen LogP contribution in [0.1, 0.15) is 67.7 Å². The number of nitrogens with one attached hydrogen (secondary N) is 1. The predicted octanol–water partition coefficient (Wildman–Crippen LogP) is 4.63. The fraction of sp³-hybridized carbons (Fsp3) is 0.517. The molecule has 0 aromatic heterocycles. The molecule has 3 rings (SSSR count). The number of rotatable bonds is 10. The van der Waals surface area contributed by atoms with Gasteiger partial charge in [-0.15, -0.1) is 0 Å². The van der Waals surface area contributed by atoms with Gasteiger partial charge in [-0.1, -0.05) is 73.7 Å². The highest BCUT2D eigenvalue weighted by molar-refractivity contribution is 7.92. The van der Waals surface area contributed by atoms with Crippen LogP contribution in [-0.4, -0.2) is 50.0 Å². The van der Waals surface area contributed by atoms with E-state index < -0.39 is 22.0 Å². The lowest BCUT2D eigenvalue weighted by molar-refractivity contribution is -0.140. The van der Waals surface area contributed by atoms with Crippen LogP contribution in [0.3, 0.4) is 0 Å². The zero-order valence-electron chi connectivity index (χ0n) is 22.8. The number of sulfonamides is 1. The number of aryl methyl sites for hydroxylation is 3. The van der Waals surface area contributed by atoms with Crippen LogP contribution in [0.25, 0.3) is 0 Å². The third-order valence-corrected chi connectivity index (χ3v) is 8.20. The van der Waals surface area contributed by atoms with Crippen molar-refractivity contribution in [2.45, 2.75) is 84.8 Å². The first-order chi connectivity index (χ1) is 17.5. The van der Waals surface area contributed by atoms with E-state index in [0.717, 1.165) is 58.5 Å². The van der Waals surface area contributed by atoms with E-state index in [-0.39, 0.29) is 25.0 Å². The second-order valence-electron chi connectivity index (χ2n) is 10.3. The molecule has 0 aliphatic heterocycles. The fourth-order valence-corrected chi connectivity index (χ4v) is 6.06. The van der Waals surface area contributed by atoms with Crippen LogP contribution in [-0.2, 0) is 26.2 Å². The van der Waals surface area contributed by atoms with Gasteiger partial charge in [0, 0.05) is 12.6 Å². The Balaban J connectivity index is 1.93. The van der Waals surface area contributed by atoms with Crippen molar-refractivity contribution in [2.24, 2.45) is 0 Å². The number of benzene rings is 2. The summed E-state index contributed by atoms with van der Waals surface area (Å²) >= 11 is 0. The normalized spacial score (nSPS) is 15.2. The monoisotopic (exact) mass is 527 g/mol. The van der Waals surface area contributed by atoms with E-state index in [4.69, 9.17) is 0 Å². The fourth-order valence-electron chi connectivity index (χ4n) is 5.15. The highest BCUT2D eigenvalue weighted by Gasteiger charge is 2.33. The quantitative estimate of drug-likeness (QED) is 0.488. The van der Waals surface area contributed by atoms with Crippen molar-refractivity contribution in [1.29, 1.82) is 0 Å². The van der Waals surface area contributed by atoms with Crippen molar-refractivity contribution >= 4 is 27.5 Å². The highest BCUT2D eigenvalue weighted by Crippen LogP contribution is 2.25. The minimum absolute atomic E-state index is 0.119. The summed E-state index contributed by atoms with van der Waals surface area (Å²) in [5, 5.41) is 3.17. The summed E-state index contributed by atoms with van der Waals surface area (Å²) in [6, 6.07) is 12.7. The van der Waals surface area contributed by atoms with Gasteiger partial charge in [-0.2, -0.15) is 0 Å². The zero-order chi connectivity index (χ0) is 27.2. The van der Waals surface area contributed by atoms with Gasteiger partial charge in [0.05, 0.1) is 11.9 Å². The third-order valence-electron chi connectivity index (χ3n) is 7.07. The Bertz CT molecular complexity index is 1210. The molecule has 1 aliphatic carbocycles. The Morgan fingerprint density at radius 2 is 1.68 bits per heavy atom. The van der Waals surface area contributed by atoms with Gasteiger partial charge in [-0.05, 0) is 57.2 Å². The maximum atomic E-state index is 13.9. The number of hydrogen-bond donors (Lipinski definition) is 1. The molecule has 1 fully saturated rings. The first-order valence-electron chi connectivity index (χ1n) is 13.2. The average Bonchev–Trinajstić information content (AvgIpc) is 2.83. The molecule has 1 saturated carbocycles. The number of nitrogens with zero attached hydrogens (tertiary/aromatic N) is 2. The SMILES string of the molecule is CCC(C(=O)NC1CCCCC1)N(Cc1cccc(C)c1)C(=O)CN(c1ccc(C)cc1C)S(C)(=O)=O. The summed E-state index contributed by atoms with van der Waals surface area (Å²) in [6.07, 6.45) is 6.79. The lowest BCUT2D eigenvalue weighted by Crippen LogP contribution is -2.54. The lowest BCUT2D eigenvalue weighted by Gasteiger charge is -2.34. The Kier molecular flexibility index (Phi) is 9.76. The lowest BCUT2D eigenvalue weighted by atomic mass is 9.95. The molecule has 2 amide bonds. The molecule has 1 N–H and O–H groups in total. The average molecular weight is 528 g/mol. The second-order valence-corrected chi connectivity index (χ2v) is 12.2. The molecule has 2 aromatic rings. The molecule has 0 radical (unpaired) electrons. The molecule has 0 bridgehead atoms. The van der Waals surface area contributed by atoms with E-state index >= 15 is 0 Å². The molecule has 202 valence electrons. The minimum Gasteiger partial charge on any atom is -0.352 e. The Morgan fingerprint density at radius 3 is 2.27 bits per heavy atom. The molecule has 1 aliphatic rings. The molecule has 1 atom stereocenters. The summed E-state index contributed by atoms with van der Waals surface area (Å²) in [5.41, 5.74) is 4.20. The van der Waals surface area contributed by atoms with Crippen molar-refractivity contribution in [2.75, 3.05) is 17.1 Å². The number of amides is 2. The second kappa shape index (κ2) is 12.6. The van der Waals surface area contributed by atoms with Gasteiger partial charge in [0.15, 0.2) is 0 Å². The number of carbonyl (C=O) groups excluding carboxylic acids is 2. The van der Waals surface area contributed by atoms with Crippen molar-refractivity contribution in [3.05, 3.63) is 64.7 Å². The summed E-state index contributed by atoms with van der Waals surface area (Å²) in [5.74, 6) is -0.578. The van der Waals surface area contributed by atoms with Gasteiger partial charge in [0.2, 0.25) is 21.8 Å². The first-order valence-corrected chi connectivity index (χ1v) is 15.0. The van der Waals surface area contributed by atoms with Crippen molar-refractivity contribution in [3.8, 4) is 0 Å². The maximum absolute atomic E-state index is 13.9. The smallest absolute Gasteiger partial charge is 0.244 e. The Morgan fingerprint density at radius 1 is 1.00 bits per heavy atom. The third kappa shape index (κ3) is 7.81. The van der Waals surface area contributed by atoms with Crippen LogP contribution in [0.2, 0.25) is 0 Å². The van der Waals surface area contributed by atoms with Crippen LogP contribution >= 0.6 is 0 Å². The number of carbonyl (C=O) groups is 2. The molecule has 0 spiro atoms. The van der Waals surface area contributed by atoms with E-state index in [2.05, 4.69) is 5.32 Å². The van der Waals surface area contributed by atoms with E-state index in [1.807, 2.05) is 64.1 Å². The van der Waals surface area contributed by atoms with Crippen LogP contribution in [0, 0.1) is 20.8 Å². The molecular formula is C29H41N3O4S. The first kappa shape index (κ1) is 28.7. The summed E-state index contributed by atoms with van der Waals surface area (Å²) < 4.78 is 26.8. The van der Waals surface area contributed by atoms with Crippen LogP contribution in [0.15, 0.2) is 42.5 Å². The highest BCUT2D eigenvalue weighted by atomic mass is 32.2. The van der Waals surface area contributed by atoms with E-state index in [9.17, 15) is 18.0 Å². The van der Waals surface area contributed by atoms with Crippen LogP contribution in [0.5, 0.6) is 0 Å². The van der Waals surface area contributed by atoms with Gasteiger partial charge in [-0.25, -0.2) is 8.42 Å². The summed E-state index contributed by atoms with van der Waals surface area (Å²) in [4.78, 5) is 28.9. The molecule has 0 heterocycles. The Hall–Kier alpha value is -2.87. The molecule has 1 unspecified atom stereocenters. The standard InChI is InChI=1S/C29H41N3O4S/c1-6-26(29(34)30-25-13-8-7-9-14-25)31(19-24-12-10-11-21(2)18-24)28(33)20-32(37(5,35)36)27-16-15-22(3)17-23(27)4/h10-12,15-18,25-26H,6-9,13-14,19-20H2,1-5H3,(H,30,34). The molecule has 2 aromatic carbocycles. The van der Waals surface area contributed by atoms with Crippen LogP contribution in [0.4, 0.5) is 5.69 Å². The van der Waals surface area contributed by atoms with Gasteiger partial charge in [-0.3, -0.25) is 13.9 Å². The van der Waals surface area contributed by atoms with Crippen molar-refractivity contribution in [1.82, 2.24) is 10.2 Å². The number of anilines is 1. The largest absolute Gasteiger partial charge is 0.352 e. The van der Waals surface area contributed by atoms with Crippen molar-refractivity contribution in [3.63, 3.8) is 0 Å². The van der Waals surface area contributed by atoms with E-state index in [1.54, 1.807) is 11.0 Å². The topological polar surface area (TPSA) is 86.8 Å². The molecule has 0 saturated heterocycles. The minimum atomic E-state index is -3.75. The number of hydrogen-bond acceptors (Lipinski definition) is 4. The molecule has 7 nitrogen and oxygen atoms in total.